The molecule has 1 aromatic carbocycles. The molecule has 188 valence electrons. The van der Waals surface area contributed by atoms with Crippen LogP contribution in [0.5, 0.6) is 0 Å². The van der Waals surface area contributed by atoms with Crippen molar-refractivity contribution in [2.75, 3.05) is 30.8 Å². The molecule has 1 aliphatic heterocycles. The van der Waals surface area contributed by atoms with Crippen molar-refractivity contribution in [3.8, 4) is 11.3 Å². The third kappa shape index (κ3) is 5.11. The van der Waals surface area contributed by atoms with Crippen LogP contribution in [0.15, 0.2) is 24.5 Å². The highest BCUT2D eigenvalue weighted by atomic mass is 19.4. The van der Waals surface area contributed by atoms with E-state index in [4.69, 9.17) is 0 Å². The number of piperidine rings is 1. The number of nitrogens with zero attached hydrogens (tertiary/aromatic N) is 2. The molecule has 14 heteroatoms. The van der Waals surface area contributed by atoms with Crippen LogP contribution in [0, 0.1) is 0 Å². The van der Waals surface area contributed by atoms with Gasteiger partial charge in [-0.1, -0.05) is 6.07 Å². The van der Waals surface area contributed by atoms with Gasteiger partial charge in [0.2, 0.25) is 5.95 Å². The summed E-state index contributed by atoms with van der Waals surface area (Å²) in [6.07, 6.45) is -7.70. The van der Waals surface area contributed by atoms with E-state index >= 15 is 0 Å². The van der Waals surface area contributed by atoms with Crippen LogP contribution in [0.2, 0.25) is 0 Å². The molecule has 3 aromatic rings. The van der Waals surface area contributed by atoms with E-state index in [2.05, 4.69) is 30.3 Å². The molecule has 0 saturated carbocycles. The van der Waals surface area contributed by atoms with Gasteiger partial charge in [-0.3, -0.25) is 5.32 Å². The lowest BCUT2D eigenvalue weighted by Gasteiger charge is -2.24. The fraction of sp³-hybridized carbons (Fsp3) is 0.381. The van der Waals surface area contributed by atoms with Crippen molar-refractivity contribution < 1.29 is 35.9 Å². The third-order valence-corrected chi connectivity index (χ3v) is 5.54. The molecule has 8 nitrogen and oxygen atoms in total. The Morgan fingerprint density at radius 2 is 1.94 bits per heavy atom. The molecule has 3 heterocycles. The SMILES string of the molecule is COC(=O)Nc1ccc2c(-c3nc(N[C@H]4CCCNC4)ncc3C(F)(F)F)c[nH]c2c1C(F)(F)F. The monoisotopic (exact) mass is 502 g/mol. The van der Waals surface area contributed by atoms with Gasteiger partial charge in [0.25, 0.3) is 0 Å². The number of H-pyrrole nitrogens is 1. The van der Waals surface area contributed by atoms with Gasteiger partial charge in [-0.15, -0.1) is 0 Å². The number of benzene rings is 1. The number of hydrogen-bond acceptors (Lipinski definition) is 6. The average molecular weight is 502 g/mol. The predicted octanol–water partition coefficient (Wildman–Crippen LogP) is 5.00. The summed E-state index contributed by atoms with van der Waals surface area (Å²) >= 11 is 0. The number of nitrogens with one attached hydrogen (secondary N) is 4. The number of alkyl halides is 6. The summed E-state index contributed by atoms with van der Waals surface area (Å²) in [5.41, 5.74) is -4.37. The Kier molecular flexibility index (Phi) is 6.49. The maximum atomic E-state index is 13.9. The fourth-order valence-electron chi connectivity index (χ4n) is 3.98. The summed E-state index contributed by atoms with van der Waals surface area (Å²) in [6.45, 7) is 1.39. The molecule has 1 aliphatic rings. The van der Waals surface area contributed by atoms with E-state index in [1.54, 1.807) is 0 Å². The number of anilines is 2. The Morgan fingerprint density at radius 1 is 1.17 bits per heavy atom. The number of hydrogen-bond donors (Lipinski definition) is 4. The van der Waals surface area contributed by atoms with Gasteiger partial charge in [0, 0.05) is 35.9 Å². The second-order valence-corrected chi connectivity index (χ2v) is 7.87. The third-order valence-electron chi connectivity index (χ3n) is 5.54. The molecule has 2 aromatic heterocycles. The van der Waals surface area contributed by atoms with Gasteiger partial charge in [-0.2, -0.15) is 26.3 Å². The summed E-state index contributed by atoms with van der Waals surface area (Å²) in [5.74, 6) is -0.0731. The summed E-state index contributed by atoms with van der Waals surface area (Å²) in [6, 6.07) is 2.00. The van der Waals surface area contributed by atoms with Gasteiger partial charge in [-0.05, 0) is 25.5 Å². The molecule has 35 heavy (non-hydrogen) atoms. The second-order valence-electron chi connectivity index (χ2n) is 7.87. The molecule has 0 aliphatic carbocycles. The molecular weight excluding hydrogens is 482 g/mol. The van der Waals surface area contributed by atoms with Crippen LogP contribution in [0.1, 0.15) is 24.0 Å². The lowest BCUT2D eigenvalue weighted by Crippen LogP contribution is -2.38. The van der Waals surface area contributed by atoms with E-state index in [0.717, 1.165) is 38.8 Å². The first-order valence-corrected chi connectivity index (χ1v) is 10.5. The highest BCUT2D eigenvalue weighted by molar-refractivity contribution is 6.01. The molecule has 4 N–H and O–H groups in total. The highest BCUT2D eigenvalue weighted by Gasteiger charge is 2.39. The van der Waals surface area contributed by atoms with Crippen LogP contribution >= 0.6 is 0 Å². The molecule has 0 radical (unpaired) electrons. The summed E-state index contributed by atoms with van der Waals surface area (Å²) in [5, 5.41) is 7.94. The minimum atomic E-state index is -4.95. The van der Waals surface area contributed by atoms with Gasteiger partial charge in [0.05, 0.1) is 24.0 Å². The number of fused-ring (bicyclic) bond motifs is 1. The standard InChI is InChI=1S/C21H20F6N6O2/c1-35-19(34)32-14-5-4-11-12(8-29-17(11)15(14)21(25,26)27)16-13(20(22,23)24)9-30-18(33-16)31-10-3-2-6-28-7-10/h4-5,8-10,28-29H,2-3,6-7H2,1H3,(H,32,34)(H,30,31,33)/t10-/m0/s1. The Bertz CT molecular complexity index is 1230. The average Bonchev–Trinajstić information content (AvgIpc) is 3.21. The minimum absolute atomic E-state index is 0.0731. The molecule has 1 atom stereocenters. The van der Waals surface area contributed by atoms with Gasteiger partial charge in [-0.25, -0.2) is 14.8 Å². The van der Waals surface area contributed by atoms with Crippen LogP contribution in [-0.4, -0.2) is 47.3 Å². The van der Waals surface area contributed by atoms with Gasteiger partial charge < -0.3 is 20.4 Å². The lowest BCUT2D eigenvalue weighted by molar-refractivity contribution is -0.137. The Hall–Kier alpha value is -3.55. The number of amides is 1. The molecule has 1 fully saturated rings. The Morgan fingerprint density at radius 3 is 2.57 bits per heavy atom. The van der Waals surface area contributed by atoms with Crippen LogP contribution in [0.4, 0.5) is 42.8 Å². The molecule has 4 rings (SSSR count). The first-order chi connectivity index (χ1) is 16.5. The van der Waals surface area contributed by atoms with Crippen molar-refractivity contribution >= 4 is 28.6 Å². The lowest BCUT2D eigenvalue weighted by atomic mass is 10.0. The summed E-state index contributed by atoms with van der Waals surface area (Å²) < 4.78 is 87.4. The van der Waals surface area contributed by atoms with Gasteiger partial charge in [0.1, 0.15) is 11.1 Å². The normalized spacial score (nSPS) is 16.8. The van der Waals surface area contributed by atoms with Crippen molar-refractivity contribution in [1.29, 1.82) is 0 Å². The Labute approximate surface area is 194 Å². The van der Waals surface area contributed by atoms with E-state index < -0.39 is 46.5 Å². The maximum absolute atomic E-state index is 13.9. The molecule has 0 unspecified atom stereocenters. The van der Waals surface area contributed by atoms with Crippen molar-refractivity contribution in [3.05, 3.63) is 35.7 Å². The zero-order valence-electron chi connectivity index (χ0n) is 18.2. The van der Waals surface area contributed by atoms with E-state index in [0.29, 0.717) is 12.7 Å². The first kappa shape index (κ1) is 24.6. The van der Waals surface area contributed by atoms with Crippen molar-refractivity contribution in [1.82, 2.24) is 20.3 Å². The van der Waals surface area contributed by atoms with Crippen LogP contribution in [0.3, 0.4) is 0 Å². The first-order valence-electron chi connectivity index (χ1n) is 10.5. The number of halogens is 6. The topological polar surface area (TPSA) is 104 Å². The number of rotatable bonds is 4. The van der Waals surface area contributed by atoms with Gasteiger partial charge in [0.15, 0.2) is 0 Å². The molecule has 1 saturated heterocycles. The number of ether oxygens (including phenoxy) is 1. The van der Waals surface area contributed by atoms with E-state index in [9.17, 15) is 31.1 Å². The zero-order valence-corrected chi connectivity index (χ0v) is 18.2. The zero-order chi connectivity index (χ0) is 25.4. The van der Waals surface area contributed by atoms with Crippen molar-refractivity contribution in [2.45, 2.75) is 31.2 Å². The van der Waals surface area contributed by atoms with E-state index in [1.165, 1.54) is 6.07 Å². The Balaban J connectivity index is 1.86. The van der Waals surface area contributed by atoms with E-state index in [-0.39, 0.29) is 22.9 Å². The second kappa shape index (κ2) is 9.24. The molecule has 0 spiro atoms. The fourth-order valence-corrected chi connectivity index (χ4v) is 3.98. The van der Waals surface area contributed by atoms with Crippen molar-refractivity contribution in [3.63, 3.8) is 0 Å². The molecule has 0 bridgehead atoms. The highest BCUT2D eigenvalue weighted by Crippen LogP contribution is 2.44. The van der Waals surface area contributed by atoms with E-state index in [1.807, 2.05) is 5.32 Å². The van der Waals surface area contributed by atoms with Crippen molar-refractivity contribution in [2.24, 2.45) is 0 Å². The van der Waals surface area contributed by atoms with Crippen LogP contribution in [-0.2, 0) is 17.1 Å². The number of aromatic nitrogens is 3. The summed E-state index contributed by atoms with van der Waals surface area (Å²) in [7, 11) is 0.983. The molecule has 1 amide bonds. The maximum Gasteiger partial charge on any atom is 0.420 e. The van der Waals surface area contributed by atoms with Crippen LogP contribution < -0.4 is 16.0 Å². The largest absolute Gasteiger partial charge is 0.453 e. The predicted molar refractivity (Wildman–Crippen MR) is 115 cm³/mol. The van der Waals surface area contributed by atoms with Crippen LogP contribution in [0.25, 0.3) is 22.2 Å². The molecular formula is C21H20F6N6O2. The minimum Gasteiger partial charge on any atom is -0.453 e. The summed E-state index contributed by atoms with van der Waals surface area (Å²) in [4.78, 5) is 21.7. The van der Waals surface area contributed by atoms with Gasteiger partial charge >= 0.3 is 18.4 Å². The number of aromatic amines is 1. The number of carbonyl (C=O) groups is 1. The number of carbonyl (C=O) groups excluding carboxylic acids is 1. The number of methoxy groups -OCH3 is 1. The smallest absolute Gasteiger partial charge is 0.420 e. The quantitative estimate of drug-likeness (QED) is 0.374.